The minimum Gasteiger partial charge on any atom is -0.483 e. The van der Waals surface area contributed by atoms with Crippen molar-refractivity contribution in [2.75, 3.05) is 0 Å². The molecule has 1 unspecified atom stereocenters. The Morgan fingerprint density at radius 1 is 1.29 bits per heavy atom. The van der Waals surface area contributed by atoms with Gasteiger partial charge in [-0.2, -0.15) is 5.10 Å². The SMILES string of the molecule is CCn1cc(COc2c(F)cc(CC(C)N)cc2F)cn1. The first-order valence-corrected chi connectivity index (χ1v) is 6.87. The highest BCUT2D eigenvalue weighted by atomic mass is 19.1. The Bertz CT molecular complexity index is 588. The zero-order valence-corrected chi connectivity index (χ0v) is 12.1. The number of hydrogen-bond acceptors (Lipinski definition) is 3. The number of rotatable bonds is 6. The Hall–Kier alpha value is -1.95. The van der Waals surface area contributed by atoms with Crippen molar-refractivity contribution in [1.82, 2.24) is 9.78 Å². The Morgan fingerprint density at radius 3 is 2.48 bits per heavy atom. The van der Waals surface area contributed by atoms with Crippen LogP contribution in [0.2, 0.25) is 0 Å². The molecule has 0 aliphatic carbocycles. The van der Waals surface area contributed by atoms with Crippen LogP contribution in [0.5, 0.6) is 5.75 Å². The maximum Gasteiger partial charge on any atom is 0.191 e. The Morgan fingerprint density at radius 2 is 1.95 bits per heavy atom. The Balaban J connectivity index is 2.09. The molecule has 0 fully saturated rings. The number of halogens is 2. The van der Waals surface area contributed by atoms with Gasteiger partial charge in [0.05, 0.1) is 6.20 Å². The summed E-state index contributed by atoms with van der Waals surface area (Å²) in [7, 11) is 0. The van der Waals surface area contributed by atoms with Gasteiger partial charge < -0.3 is 10.5 Å². The van der Waals surface area contributed by atoms with Crippen LogP contribution >= 0.6 is 0 Å². The fourth-order valence-corrected chi connectivity index (χ4v) is 2.05. The summed E-state index contributed by atoms with van der Waals surface area (Å²) in [5.74, 6) is -1.80. The molecule has 0 amide bonds. The predicted octanol–water partition coefficient (Wildman–Crippen LogP) is 2.65. The first-order valence-electron chi connectivity index (χ1n) is 6.87. The van der Waals surface area contributed by atoms with Crippen LogP contribution in [0.1, 0.15) is 25.0 Å². The summed E-state index contributed by atoms with van der Waals surface area (Å²) in [6, 6.07) is 2.37. The summed E-state index contributed by atoms with van der Waals surface area (Å²) in [5, 5.41) is 4.07. The molecule has 2 aromatic rings. The second kappa shape index (κ2) is 6.67. The van der Waals surface area contributed by atoms with E-state index >= 15 is 0 Å². The predicted molar refractivity (Wildman–Crippen MR) is 75.9 cm³/mol. The lowest BCUT2D eigenvalue weighted by atomic mass is 10.1. The molecule has 1 aromatic heterocycles. The van der Waals surface area contributed by atoms with Crippen LogP contribution in [0.4, 0.5) is 8.78 Å². The van der Waals surface area contributed by atoms with E-state index in [-0.39, 0.29) is 18.4 Å². The molecule has 1 atom stereocenters. The van der Waals surface area contributed by atoms with Gasteiger partial charge in [0.2, 0.25) is 0 Å². The molecule has 0 saturated heterocycles. The smallest absolute Gasteiger partial charge is 0.191 e. The third-order valence-corrected chi connectivity index (χ3v) is 3.01. The maximum atomic E-state index is 13.9. The van der Waals surface area contributed by atoms with Crippen molar-refractivity contribution in [3.8, 4) is 5.75 Å². The average molecular weight is 295 g/mol. The molecule has 1 heterocycles. The van der Waals surface area contributed by atoms with Crippen molar-refractivity contribution in [1.29, 1.82) is 0 Å². The van der Waals surface area contributed by atoms with Crippen molar-refractivity contribution < 1.29 is 13.5 Å². The van der Waals surface area contributed by atoms with E-state index in [1.807, 2.05) is 6.92 Å². The number of ether oxygens (including phenoxy) is 1. The van der Waals surface area contributed by atoms with Crippen LogP contribution in [0.25, 0.3) is 0 Å². The molecule has 0 radical (unpaired) electrons. The van der Waals surface area contributed by atoms with Gasteiger partial charge in [-0.05, 0) is 38.0 Å². The Labute approximate surface area is 122 Å². The molecule has 0 bridgehead atoms. The first kappa shape index (κ1) is 15.4. The van der Waals surface area contributed by atoms with Crippen molar-refractivity contribution in [3.63, 3.8) is 0 Å². The molecule has 0 aliphatic heterocycles. The fraction of sp³-hybridized carbons (Fsp3) is 0.400. The molecular formula is C15H19F2N3O. The summed E-state index contributed by atoms with van der Waals surface area (Å²) in [6.45, 7) is 4.54. The summed E-state index contributed by atoms with van der Waals surface area (Å²) < 4.78 is 34.8. The van der Waals surface area contributed by atoms with E-state index < -0.39 is 11.6 Å². The van der Waals surface area contributed by atoms with Gasteiger partial charge in [-0.25, -0.2) is 8.78 Å². The molecule has 6 heteroatoms. The van der Waals surface area contributed by atoms with Crippen LogP contribution in [-0.2, 0) is 19.6 Å². The second-order valence-electron chi connectivity index (χ2n) is 5.06. The van der Waals surface area contributed by atoms with Crippen LogP contribution < -0.4 is 10.5 Å². The normalized spacial score (nSPS) is 12.4. The average Bonchev–Trinajstić information content (AvgIpc) is 2.85. The number of hydrogen-bond donors (Lipinski definition) is 1. The van der Waals surface area contributed by atoms with Crippen LogP contribution in [0.15, 0.2) is 24.5 Å². The maximum absolute atomic E-state index is 13.9. The van der Waals surface area contributed by atoms with Crippen molar-refractivity contribution in [3.05, 3.63) is 47.3 Å². The zero-order valence-electron chi connectivity index (χ0n) is 12.1. The molecule has 2 rings (SSSR count). The van der Waals surface area contributed by atoms with E-state index in [0.717, 1.165) is 12.1 Å². The van der Waals surface area contributed by atoms with Gasteiger partial charge in [0.15, 0.2) is 17.4 Å². The lowest BCUT2D eigenvalue weighted by Gasteiger charge is -2.10. The molecule has 0 saturated carbocycles. The van der Waals surface area contributed by atoms with E-state index in [2.05, 4.69) is 5.10 Å². The largest absolute Gasteiger partial charge is 0.483 e. The zero-order chi connectivity index (χ0) is 15.4. The number of nitrogens with two attached hydrogens (primary N) is 1. The third kappa shape index (κ3) is 4.01. The molecule has 0 aliphatic rings. The highest BCUT2D eigenvalue weighted by molar-refractivity contribution is 5.32. The molecule has 4 nitrogen and oxygen atoms in total. The van der Waals surface area contributed by atoms with Gasteiger partial charge in [-0.3, -0.25) is 4.68 Å². The van der Waals surface area contributed by atoms with Crippen molar-refractivity contribution in [2.24, 2.45) is 5.73 Å². The first-order chi connectivity index (χ1) is 9.99. The fourth-order valence-electron chi connectivity index (χ4n) is 2.05. The topological polar surface area (TPSA) is 53.1 Å². The van der Waals surface area contributed by atoms with E-state index in [1.54, 1.807) is 24.0 Å². The number of nitrogens with zero attached hydrogens (tertiary/aromatic N) is 2. The number of aromatic nitrogens is 2. The summed E-state index contributed by atoms with van der Waals surface area (Å²) in [6.07, 6.45) is 3.81. The summed E-state index contributed by atoms with van der Waals surface area (Å²) in [5.41, 5.74) is 6.91. The minimum absolute atomic E-state index is 0.0699. The van der Waals surface area contributed by atoms with E-state index in [1.165, 1.54) is 12.1 Å². The van der Waals surface area contributed by atoms with Gasteiger partial charge in [0.1, 0.15) is 6.61 Å². The highest BCUT2D eigenvalue weighted by Gasteiger charge is 2.14. The summed E-state index contributed by atoms with van der Waals surface area (Å²) in [4.78, 5) is 0. The molecular weight excluding hydrogens is 276 g/mol. The van der Waals surface area contributed by atoms with Gasteiger partial charge in [0, 0.05) is 24.3 Å². The van der Waals surface area contributed by atoms with Crippen LogP contribution in [-0.4, -0.2) is 15.8 Å². The van der Waals surface area contributed by atoms with Gasteiger partial charge in [-0.1, -0.05) is 0 Å². The van der Waals surface area contributed by atoms with Crippen LogP contribution in [0, 0.1) is 11.6 Å². The monoisotopic (exact) mass is 295 g/mol. The minimum atomic E-state index is -0.714. The highest BCUT2D eigenvalue weighted by Crippen LogP contribution is 2.24. The molecule has 114 valence electrons. The number of aryl methyl sites for hydroxylation is 1. The molecule has 2 N–H and O–H groups in total. The molecule has 1 aromatic carbocycles. The summed E-state index contributed by atoms with van der Waals surface area (Å²) >= 11 is 0. The quantitative estimate of drug-likeness (QED) is 0.891. The van der Waals surface area contributed by atoms with Gasteiger partial charge in [0.25, 0.3) is 0 Å². The van der Waals surface area contributed by atoms with E-state index in [4.69, 9.17) is 10.5 Å². The van der Waals surface area contributed by atoms with Crippen molar-refractivity contribution >= 4 is 0 Å². The Kier molecular flexibility index (Phi) is 4.90. The molecule has 0 spiro atoms. The molecule has 21 heavy (non-hydrogen) atoms. The van der Waals surface area contributed by atoms with E-state index in [0.29, 0.717) is 12.0 Å². The third-order valence-electron chi connectivity index (χ3n) is 3.01. The van der Waals surface area contributed by atoms with Gasteiger partial charge in [-0.15, -0.1) is 0 Å². The van der Waals surface area contributed by atoms with Gasteiger partial charge >= 0.3 is 0 Å². The number of benzene rings is 1. The lowest BCUT2D eigenvalue weighted by molar-refractivity contribution is 0.273. The lowest BCUT2D eigenvalue weighted by Crippen LogP contribution is -2.18. The standard InChI is InChI=1S/C15H19F2N3O/c1-3-20-8-12(7-19-20)9-21-15-13(16)5-11(4-10(2)18)6-14(15)17/h5-8,10H,3-4,9,18H2,1-2H3. The van der Waals surface area contributed by atoms with E-state index in [9.17, 15) is 8.78 Å². The second-order valence-corrected chi connectivity index (χ2v) is 5.06. The van der Waals surface area contributed by atoms with Crippen molar-refractivity contribution in [2.45, 2.75) is 39.5 Å². The van der Waals surface area contributed by atoms with Crippen LogP contribution in [0.3, 0.4) is 0 Å².